The third-order valence-electron chi connectivity index (χ3n) is 2.42. The van der Waals surface area contributed by atoms with Gasteiger partial charge in [-0.15, -0.1) is 0 Å². The lowest BCUT2D eigenvalue weighted by Gasteiger charge is -2.05. The number of aromatic hydroxyl groups is 1. The van der Waals surface area contributed by atoms with Crippen molar-refractivity contribution in [2.45, 2.75) is 0 Å². The van der Waals surface area contributed by atoms with Gasteiger partial charge in [0.1, 0.15) is 5.75 Å². The van der Waals surface area contributed by atoms with Gasteiger partial charge in [0.25, 0.3) is 0 Å². The molecule has 0 heterocycles. The second-order valence-electron chi connectivity index (χ2n) is 3.49. The summed E-state index contributed by atoms with van der Waals surface area (Å²) in [6, 6.07) is 7.80. The van der Waals surface area contributed by atoms with Crippen molar-refractivity contribution in [2.24, 2.45) is 0 Å². The van der Waals surface area contributed by atoms with E-state index in [1.807, 2.05) is 0 Å². The molecule has 2 rings (SSSR count). The quantitative estimate of drug-likeness (QED) is 0.810. The zero-order valence-corrected chi connectivity index (χ0v) is 8.65. The summed E-state index contributed by atoms with van der Waals surface area (Å²) >= 11 is 0. The number of carbonyl (C=O) groups excluding carboxylic acids is 1. The topological polar surface area (TPSA) is 37.3 Å². The molecule has 0 saturated carbocycles. The first kappa shape index (κ1) is 11.3. The zero-order valence-electron chi connectivity index (χ0n) is 8.65. The first-order valence-corrected chi connectivity index (χ1v) is 4.86. The van der Waals surface area contributed by atoms with Crippen LogP contribution in [0.2, 0.25) is 0 Å². The molecule has 1 N–H and O–H groups in total. The molecule has 0 fully saturated rings. The minimum Gasteiger partial charge on any atom is -0.507 e. The number of aldehydes is 1. The minimum absolute atomic E-state index is 0.0396. The molecule has 0 aliphatic carbocycles. The van der Waals surface area contributed by atoms with Gasteiger partial charge in [-0.2, -0.15) is 0 Å². The van der Waals surface area contributed by atoms with Gasteiger partial charge in [-0.05, 0) is 23.8 Å². The molecule has 2 aromatic rings. The highest BCUT2D eigenvalue weighted by Gasteiger charge is 2.11. The third-order valence-corrected chi connectivity index (χ3v) is 2.42. The van der Waals surface area contributed by atoms with Crippen LogP contribution >= 0.6 is 0 Å². The van der Waals surface area contributed by atoms with E-state index in [1.54, 1.807) is 0 Å². The Labute approximate surface area is 96.1 Å². The Morgan fingerprint density at radius 1 is 1.12 bits per heavy atom. The highest BCUT2D eigenvalue weighted by Crippen LogP contribution is 2.28. The van der Waals surface area contributed by atoms with Crippen LogP contribution in [0.4, 0.5) is 8.78 Å². The fraction of sp³-hybridized carbons (Fsp3) is 0. The van der Waals surface area contributed by atoms with Crippen LogP contribution in [0.15, 0.2) is 36.4 Å². The van der Waals surface area contributed by atoms with Crippen LogP contribution in [0.25, 0.3) is 11.1 Å². The second kappa shape index (κ2) is 4.33. The molecule has 0 saturated heterocycles. The van der Waals surface area contributed by atoms with Crippen LogP contribution in [0.1, 0.15) is 10.4 Å². The molecule has 0 spiro atoms. The van der Waals surface area contributed by atoms with Crippen molar-refractivity contribution >= 4 is 6.29 Å². The molecule has 86 valence electrons. The summed E-state index contributed by atoms with van der Waals surface area (Å²) in [5.74, 6) is -2.20. The molecule has 0 radical (unpaired) electrons. The number of benzene rings is 2. The highest BCUT2D eigenvalue weighted by molar-refractivity contribution is 5.81. The largest absolute Gasteiger partial charge is 0.507 e. The molecule has 0 atom stereocenters. The number of halogens is 2. The molecule has 0 aromatic heterocycles. The van der Waals surface area contributed by atoms with Crippen LogP contribution in [0.5, 0.6) is 5.75 Å². The van der Waals surface area contributed by atoms with Gasteiger partial charge in [-0.25, -0.2) is 8.78 Å². The lowest BCUT2D eigenvalue weighted by Crippen LogP contribution is -1.90. The molecule has 2 nitrogen and oxygen atoms in total. The summed E-state index contributed by atoms with van der Waals surface area (Å²) < 4.78 is 26.5. The lowest BCUT2D eigenvalue weighted by molar-refractivity contribution is 0.112. The van der Waals surface area contributed by atoms with Crippen LogP contribution < -0.4 is 0 Å². The molecule has 2 aromatic carbocycles. The maximum atomic E-state index is 13.5. The maximum Gasteiger partial charge on any atom is 0.166 e. The first-order chi connectivity index (χ1) is 8.13. The normalized spacial score (nSPS) is 10.2. The van der Waals surface area contributed by atoms with E-state index >= 15 is 0 Å². The van der Waals surface area contributed by atoms with Crippen LogP contribution in [0, 0.1) is 11.6 Å². The standard InChI is InChI=1S/C13H8F2O2/c14-11-3-1-2-10(13(11)15)8-4-5-9(7-16)12(17)6-8/h1-7,17H. The zero-order chi connectivity index (χ0) is 12.4. The number of carbonyl (C=O) groups is 1. The van der Waals surface area contributed by atoms with E-state index in [2.05, 4.69) is 0 Å². The summed E-state index contributed by atoms with van der Waals surface area (Å²) in [6.07, 6.45) is 0.487. The van der Waals surface area contributed by atoms with Crippen LogP contribution in [-0.2, 0) is 0 Å². The molecule has 0 bridgehead atoms. The van der Waals surface area contributed by atoms with Gasteiger partial charge in [0.05, 0.1) is 5.56 Å². The molecular weight excluding hydrogens is 226 g/mol. The average molecular weight is 234 g/mol. The fourth-order valence-electron chi connectivity index (χ4n) is 1.54. The van der Waals surface area contributed by atoms with E-state index < -0.39 is 11.6 Å². The molecule has 0 aliphatic rings. The van der Waals surface area contributed by atoms with Gasteiger partial charge >= 0.3 is 0 Å². The summed E-state index contributed by atoms with van der Waals surface area (Å²) in [7, 11) is 0. The Hall–Kier alpha value is -2.23. The van der Waals surface area contributed by atoms with Crippen molar-refractivity contribution in [3.05, 3.63) is 53.6 Å². The van der Waals surface area contributed by atoms with Gasteiger partial charge in [0, 0.05) is 5.56 Å². The monoisotopic (exact) mass is 234 g/mol. The van der Waals surface area contributed by atoms with E-state index in [0.717, 1.165) is 6.07 Å². The average Bonchev–Trinajstić information content (AvgIpc) is 2.32. The maximum absolute atomic E-state index is 13.5. The van der Waals surface area contributed by atoms with Crippen LogP contribution in [0.3, 0.4) is 0 Å². The van der Waals surface area contributed by atoms with Crippen LogP contribution in [-0.4, -0.2) is 11.4 Å². The van der Waals surface area contributed by atoms with Gasteiger partial charge in [-0.3, -0.25) is 4.79 Å². The summed E-state index contributed by atoms with van der Waals surface area (Å²) in [5, 5.41) is 9.47. The van der Waals surface area contributed by atoms with E-state index in [1.165, 1.54) is 30.3 Å². The van der Waals surface area contributed by atoms with Crippen molar-refractivity contribution in [3.8, 4) is 16.9 Å². The summed E-state index contributed by atoms with van der Waals surface area (Å²) in [6.45, 7) is 0. The number of hydrogen-bond donors (Lipinski definition) is 1. The number of rotatable bonds is 2. The smallest absolute Gasteiger partial charge is 0.166 e. The van der Waals surface area contributed by atoms with Gasteiger partial charge in [0.2, 0.25) is 0 Å². The Kier molecular flexibility index (Phi) is 2.87. The molecular formula is C13H8F2O2. The molecule has 4 heteroatoms. The van der Waals surface area contributed by atoms with Crippen molar-refractivity contribution in [2.75, 3.05) is 0 Å². The van der Waals surface area contributed by atoms with Gasteiger partial charge in [-0.1, -0.05) is 18.2 Å². The Morgan fingerprint density at radius 3 is 2.53 bits per heavy atom. The number of hydrogen-bond acceptors (Lipinski definition) is 2. The minimum atomic E-state index is -0.981. The van der Waals surface area contributed by atoms with E-state index in [9.17, 15) is 18.7 Å². The molecule has 0 aliphatic heterocycles. The predicted octanol–water partition coefficient (Wildman–Crippen LogP) is 3.15. The summed E-state index contributed by atoms with van der Waals surface area (Å²) in [5.41, 5.74) is 0.452. The van der Waals surface area contributed by atoms with Gasteiger partial charge < -0.3 is 5.11 Å². The molecule has 0 amide bonds. The SMILES string of the molecule is O=Cc1ccc(-c2cccc(F)c2F)cc1O. The number of phenols is 1. The van der Waals surface area contributed by atoms with Crippen molar-refractivity contribution in [1.29, 1.82) is 0 Å². The second-order valence-corrected chi connectivity index (χ2v) is 3.49. The summed E-state index contributed by atoms with van der Waals surface area (Å²) in [4.78, 5) is 10.5. The fourth-order valence-corrected chi connectivity index (χ4v) is 1.54. The Morgan fingerprint density at radius 2 is 1.88 bits per heavy atom. The van der Waals surface area contributed by atoms with E-state index in [4.69, 9.17) is 0 Å². The third kappa shape index (κ3) is 2.01. The molecule has 17 heavy (non-hydrogen) atoms. The van der Waals surface area contributed by atoms with Crippen molar-refractivity contribution in [3.63, 3.8) is 0 Å². The predicted molar refractivity (Wildman–Crippen MR) is 58.8 cm³/mol. The molecule has 0 unspecified atom stereocenters. The van der Waals surface area contributed by atoms with E-state index in [-0.39, 0.29) is 16.9 Å². The Balaban J connectivity index is 2.57. The number of phenolic OH excluding ortho intramolecular Hbond substituents is 1. The van der Waals surface area contributed by atoms with Crippen molar-refractivity contribution in [1.82, 2.24) is 0 Å². The highest BCUT2D eigenvalue weighted by atomic mass is 19.2. The first-order valence-electron chi connectivity index (χ1n) is 4.86. The van der Waals surface area contributed by atoms with E-state index in [0.29, 0.717) is 11.8 Å². The Bertz CT molecular complexity index is 580. The van der Waals surface area contributed by atoms with Crippen molar-refractivity contribution < 1.29 is 18.7 Å². The lowest BCUT2D eigenvalue weighted by atomic mass is 10.0. The van der Waals surface area contributed by atoms with Gasteiger partial charge in [0.15, 0.2) is 17.9 Å².